The van der Waals surface area contributed by atoms with Crippen molar-refractivity contribution in [3.05, 3.63) is 29.8 Å². The van der Waals surface area contributed by atoms with E-state index >= 15 is 0 Å². The number of halogens is 3. The standard InChI is InChI=1S/C6H7.3BrH.Zr/c1-6-4-2-3-5-6;;;;/h2-5H,1H3;3*1H;/q-1;;;;+4/p-3. The molecule has 0 spiro atoms. The maximum Gasteiger partial charge on any atom is 4.00 e. The minimum atomic E-state index is 0. The summed E-state index contributed by atoms with van der Waals surface area (Å²) in [7, 11) is 0. The fraction of sp³-hybridized carbons (Fsp3) is 0.167. The molecule has 10 heavy (non-hydrogen) atoms. The van der Waals surface area contributed by atoms with Crippen LogP contribution >= 0.6 is 0 Å². The maximum atomic E-state index is 2.08. The first-order valence-corrected chi connectivity index (χ1v) is 2.08. The summed E-state index contributed by atoms with van der Waals surface area (Å²) in [6, 6.07) is 8.24. The average Bonchev–Trinajstić information content (AvgIpc) is 1.86. The minimum absolute atomic E-state index is 0. The van der Waals surface area contributed by atoms with Crippen molar-refractivity contribution in [3.8, 4) is 0 Å². The summed E-state index contributed by atoms with van der Waals surface area (Å²) in [5.41, 5.74) is 1.34. The van der Waals surface area contributed by atoms with Gasteiger partial charge in [-0.25, -0.2) is 12.1 Å². The summed E-state index contributed by atoms with van der Waals surface area (Å²) < 4.78 is 0. The molecule has 1 rings (SSSR count). The first kappa shape index (κ1) is 22.6. The Hall–Kier alpha value is 1.67. The molecule has 0 saturated heterocycles. The zero-order valence-corrected chi connectivity index (χ0v) is 12.7. The normalized spacial score (nSPS) is 5.30. The molecule has 0 aliphatic rings. The summed E-state index contributed by atoms with van der Waals surface area (Å²) in [5, 5.41) is 0. The molecule has 0 amide bonds. The molecule has 4 heteroatoms. The van der Waals surface area contributed by atoms with Crippen molar-refractivity contribution in [2.24, 2.45) is 0 Å². The molecule has 0 aromatic heterocycles. The predicted molar refractivity (Wildman–Crippen MR) is 26.8 cm³/mol. The van der Waals surface area contributed by atoms with Gasteiger partial charge in [-0.1, -0.05) is 6.92 Å². The molecular formula is C6H7Br3Zr. The zero-order chi connectivity index (χ0) is 4.41. The Balaban J connectivity index is -0.0000000450. The van der Waals surface area contributed by atoms with Crippen LogP contribution in [0.5, 0.6) is 0 Å². The molecule has 0 aliphatic heterocycles. The predicted octanol–water partition coefficient (Wildman–Crippen LogP) is -7.28. The first-order valence-electron chi connectivity index (χ1n) is 2.08. The van der Waals surface area contributed by atoms with E-state index in [0.29, 0.717) is 0 Å². The van der Waals surface area contributed by atoms with Crippen molar-refractivity contribution < 1.29 is 77.1 Å². The number of aryl methyl sites for hydroxylation is 1. The topological polar surface area (TPSA) is 0 Å². The van der Waals surface area contributed by atoms with Crippen LogP contribution in [0.1, 0.15) is 5.56 Å². The van der Waals surface area contributed by atoms with E-state index in [0.717, 1.165) is 0 Å². The Morgan fingerprint density at radius 3 is 1.30 bits per heavy atom. The molecule has 1 aromatic rings. The van der Waals surface area contributed by atoms with Gasteiger partial charge in [-0.15, -0.1) is 0 Å². The molecule has 0 unspecified atom stereocenters. The molecule has 0 radical (unpaired) electrons. The fourth-order valence-electron chi connectivity index (χ4n) is 0.470. The average molecular weight is 410 g/mol. The van der Waals surface area contributed by atoms with Crippen molar-refractivity contribution in [1.82, 2.24) is 0 Å². The largest absolute Gasteiger partial charge is 4.00 e. The van der Waals surface area contributed by atoms with E-state index in [1.165, 1.54) is 5.56 Å². The second kappa shape index (κ2) is 13.3. The van der Waals surface area contributed by atoms with E-state index in [9.17, 15) is 0 Å². The number of hydrogen-bond donors (Lipinski definition) is 0. The van der Waals surface area contributed by atoms with Crippen LogP contribution in [0.4, 0.5) is 0 Å². The van der Waals surface area contributed by atoms with E-state index in [-0.39, 0.29) is 77.1 Å². The molecule has 0 saturated carbocycles. The van der Waals surface area contributed by atoms with Gasteiger partial charge in [0.25, 0.3) is 0 Å². The third-order valence-corrected chi connectivity index (χ3v) is 0.829. The van der Waals surface area contributed by atoms with Crippen molar-refractivity contribution in [1.29, 1.82) is 0 Å². The van der Waals surface area contributed by atoms with E-state index in [2.05, 4.69) is 19.1 Å². The van der Waals surface area contributed by atoms with Crippen LogP contribution in [0.25, 0.3) is 0 Å². The molecule has 0 fully saturated rings. The SMILES string of the molecule is C[c-]1cccc1.[Br-].[Br-].[Br-].[Zr+4]. The van der Waals surface area contributed by atoms with Gasteiger partial charge in [0, 0.05) is 0 Å². The smallest absolute Gasteiger partial charge is 1.00 e. The second-order valence-corrected chi connectivity index (χ2v) is 1.46. The van der Waals surface area contributed by atoms with Crippen LogP contribution < -0.4 is 50.9 Å². The van der Waals surface area contributed by atoms with Crippen molar-refractivity contribution in [3.63, 3.8) is 0 Å². The van der Waals surface area contributed by atoms with Gasteiger partial charge in [-0.2, -0.15) is 17.7 Å². The van der Waals surface area contributed by atoms with Crippen LogP contribution in [-0.2, 0) is 26.2 Å². The van der Waals surface area contributed by atoms with Crippen LogP contribution in [0, 0.1) is 6.92 Å². The first-order chi connectivity index (χ1) is 2.89. The molecule has 0 N–H and O–H groups in total. The molecule has 0 aliphatic carbocycles. The Bertz CT molecular complexity index is 117. The van der Waals surface area contributed by atoms with Crippen molar-refractivity contribution >= 4 is 0 Å². The number of rotatable bonds is 0. The fourth-order valence-corrected chi connectivity index (χ4v) is 0.470. The monoisotopic (exact) mass is 406 g/mol. The van der Waals surface area contributed by atoms with E-state index in [1.807, 2.05) is 12.1 Å². The quantitative estimate of drug-likeness (QED) is 0.374. The third kappa shape index (κ3) is 9.67. The molecule has 0 bridgehead atoms. The Morgan fingerprint density at radius 2 is 1.20 bits per heavy atom. The maximum absolute atomic E-state index is 2.08. The van der Waals surface area contributed by atoms with Gasteiger partial charge in [0.2, 0.25) is 0 Å². The van der Waals surface area contributed by atoms with Crippen molar-refractivity contribution in [2.45, 2.75) is 6.92 Å². The van der Waals surface area contributed by atoms with Gasteiger partial charge in [0.1, 0.15) is 0 Å². The van der Waals surface area contributed by atoms with Crippen LogP contribution in [0.2, 0.25) is 0 Å². The Morgan fingerprint density at radius 1 is 0.900 bits per heavy atom. The van der Waals surface area contributed by atoms with Crippen LogP contribution in [0.3, 0.4) is 0 Å². The molecular weight excluding hydrogens is 403 g/mol. The van der Waals surface area contributed by atoms with E-state index in [1.54, 1.807) is 0 Å². The van der Waals surface area contributed by atoms with E-state index < -0.39 is 0 Å². The van der Waals surface area contributed by atoms with Gasteiger partial charge in [-0.05, 0) is 0 Å². The van der Waals surface area contributed by atoms with Crippen molar-refractivity contribution in [2.75, 3.05) is 0 Å². The van der Waals surface area contributed by atoms with Crippen LogP contribution in [0.15, 0.2) is 24.3 Å². The van der Waals surface area contributed by atoms with Gasteiger partial charge in [0.15, 0.2) is 0 Å². The van der Waals surface area contributed by atoms with Gasteiger partial charge < -0.3 is 50.9 Å². The zero-order valence-electron chi connectivity index (χ0n) is 5.44. The Kier molecular flexibility index (Phi) is 30.0. The molecule has 0 heterocycles. The van der Waals surface area contributed by atoms with Gasteiger partial charge in [-0.3, -0.25) is 0 Å². The summed E-state index contributed by atoms with van der Waals surface area (Å²) in [5.74, 6) is 0. The van der Waals surface area contributed by atoms with Gasteiger partial charge >= 0.3 is 26.2 Å². The minimum Gasteiger partial charge on any atom is -1.00 e. The summed E-state index contributed by atoms with van der Waals surface area (Å²) in [4.78, 5) is 0. The summed E-state index contributed by atoms with van der Waals surface area (Å²) in [6.07, 6.45) is 0. The Labute approximate surface area is 113 Å². The number of hydrogen-bond acceptors (Lipinski definition) is 0. The molecule has 0 nitrogen and oxygen atoms in total. The van der Waals surface area contributed by atoms with Crippen LogP contribution in [-0.4, -0.2) is 0 Å². The second-order valence-electron chi connectivity index (χ2n) is 1.46. The summed E-state index contributed by atoms with van der Waals surface area (Å²) in [6.45, 7) is 2.08. The molecule has 0 atom stereocenters. The summed E-state index contributed by atoms with van der Waals surface area (Å²) >= 11 is 0. The third-order valence-electron chi connectivity index (χ3n) is 0.829. The molecule has 1 aromatic carbocycles. The van der Waals surface area contributed by atoms with Gasteiger partial charge in [0.05, 0.1) is 0 Å². The molecule has 56 valence electrons. The van der Waals surface area contributed by atoms with E-state index in [4.69, 9.17) is 0 Å².